The SMILES string of the molecule is CC1(C)CC(Oc2ccccc2)C(C)(C)O1. The van der Waals surface area contributed by atoms with Crippen LogP contribution in [0.15, 0.2) is 30.3 Å². The van der Waals surface area contributed by atoms with Gasteiger partial charge in [0.15, 0.2) is 0 Å². The highest BCUT2D eigenvalue weighted by atomic mass is 16.6. The maximum absolute atomic E-state index is 6.00. The molecule has 1 unspecified atom stereocenters. The Bertz CT molecular complexity index is 354. The van der Waals surface area contributed by atoms with Crippen LogP contribution in [0.5, 0.6) is 5.75 Å². The number of ether oxygens (including phenoxy) is 2. The van der Waals surface area contributed by atoms with E-state index in [4.69, 9.17) is 9.47 Å². The Morgan fingerprint density at radius 2 is 1.75 bits per heavy atom. The van der Waals surface area contributed by atoms with Crippen molar-refractivity contribution in [3.8, 4) is 5.75 Å². The van der Waals surface area contributed by atoms with Gasteiger partial charge in [0.2, 0.25) is 0 Å². The molecular weight excluding hydrogens is 200 g/mol. The quantitative estimate of drug-likeness (QED) is 0.760. The minimum atomic E-state index is -0.223. The van der Waals surface area contributed by atoms with Crippen molar-refractivity contribution in [3.63, 3.8) is 0 Å². The average molecular weight is 220 g/mol. The lowest BCUT2D eigenvalue weighted by molar-refractivity contribution is -0.0846. The first-order valence-corrected chi connectivity index (χ1v) is 5.81. The third-order valence-electron chi connectivity index (χ3n) is 3.01. The van der Waals surface area contributed by atoms with E-state index in [0.29, 0.717) is 0 Å². The van der Waals surface area contributed by atoms with E-state index in [1.54, 1.807) is 0 Å². The fourth-order valence-corrected chi connectivity index (χ4v) is 2.36. The molecule has 1 aliphatic heterocycles. The lowest BCUT2D eigenvalue weighted by atomic mass is 9.97. The fraction of sp³-hybridized carbons (Fsp3) is 0.571. The van der Waals surface area contributed by atoms with Crippen LogP contribution in [0, 0.1) is 0 Å². The Morgan fingerprint density at radius 1 is 1.12 bits per heavy atom. The third-order valence-corrected chi connectivity index (χ3v) is 3.01. The Hall–Kier alpha value is -1.02. The van der Waals surface area contributed by atoms with Crippen LogP contribution in [-0.4, -0.2) is 17.3 Å². The molecule has 0 amide bonds. The molecule has 1 saturated heterocycles. The van der Waals surface area contributed by atoms with Crippen LogP contribution in [0.25, 0.3) is 0 Å². The van der Waals surface area contributed by atoms with Gasteiger partial charge < -0.3 is 9.47 Å². The molecule has 16 heavy (non-hydrogen) atoms. The maximum Gasteiger partial charge on any atom is 0.130 e. The summed E-state index contributed by atoms with van der Waals surface area (Å²) in [5.41, 5.74) is -0.317. The molecule has 0 radical (unpaired) electrons. The molecule has 2 nitrogen and oxygen atoms in total. The number of benzene rings is 1. The van der Waals surface area contributed by atoms with E-state index >= 15 is 0 Å². The summed E-state index contributed by atoms with van der Waals surface area (Å²) in [6.45, 7) is 8.41. The van der Waals surface area contributed by atoms with Crippen molar-refractivity contribution in [3.05, 3.63) is 30.3 Å². The van der Waals surface area contributed by atoms with E-state index in [1.165, 1.54) is 0 Å². The summed E-state index contributed by atoms with van der Waals surface area (Å²) < 4.78 is 12.0. The van der Waals surface area contributed by atoms with Gasteiger partial charge in [0.25, 0.3) is 0 Å². The van der Waals surface area contributed by atoms with Crippen molar-refractivity contribution in [2.75, 3.05) is 0 Å². The van der Waals surface area contributed by atoms with Gasteiger partial charge >= 0.3 is 0 Å². The molecule has 0 aliphatic carbocycles. The van der Waals surface area contributed by atoms with Crippen molar-refractivity contribution in [2.24, 2.45) is 0 Å². The van der Waals surface area contributed by atoms with Crippen LogP contribution in [0.4, 0.5) is 0 Å². The minimum Gasteiger partial charge on any atom is -0.487 e. The summed E-state index contributed by atoms with van der Waals surface area (Å²) >= 11 is 0. The topological polar surface area (TPSA) is 18.5 Å². The minimum absolute atomic E-state index is 0.0943. The molecule has 0 bridgehead atoms. The summed E-state index contributed by atoms with van der Waals surface area (Å²) in [5.74, 6) is 0.918. The molecule has 0 aromatic heterocycles. The summed E-state index contributed by atoms with van der Waals surface area (Å²) in [6, 6.07) is 9.95. The second-order valence-corrected chi connectivity index (χ2v) is 5.59. The molecule has 2 heteroatoms. The third kappa shape index (κ3) is 2.38. The molecule has 1 fully saturated rings. The number of hydrogen-bond donors (Lipinski definition) is 0. The Kier molecular flexibility index (Phi) is 2.70. The first-order valence-electron chi connectivity index (χ1n) is 5.81. The molecule has 0 N–H and O–H groups in total. The normalized spacial score (nSPS) is 26.6. The van der Waals surface area contributed by atoms with Gasteiger partial charge in [-0.15, -0.1) is 0 Å². The summed E-state index contributed by atoms with van der Waals surface area (Å²) in [5, 5.41) is 0. The molecule has 1 aliphatic rings. The van der Waals surface area contributed by atoms with E-state index < -0.39 is 0 Å². The van der Waals surface area contributed by atoms with Crippen LogP contribution in [0.2, 0.25) is 0 Å². The second-order valence-electron chi connectivity index (χ2n) is 5.59. The lowest BCUT2D eigenvalue weighted by Gasteiger charge is -2.27. The van der Waals surface area contributed by atoms with Gasteiger partial charge in [-0.2, -0.15) is 0 Å². The van der Waals surface area contributed by atoms with E-state index in [9.17, 15) is 0 Å². The molecule has 1 atom stereocenters. The number of rotatable bonds is 2. The van der Waals surface area contributed by atoms with Crippen LogP contribution < -0.4 is 4.74 Å². The van der Waals surface area contributed by atoms with Crippen LogP contribution in [0.1, 0.15) is 34.1 Å². The van der Waals surface area contributed by atoms with Crippen molar-refractivity contribution in [1.29, 1.82) is 0 Å². The van der Waals surface area contributed by atoms with E-state index in [1.807, 2.05) is 30.3 Å². The average Bonchev–Trinajstić information content (AvgIpc) is 2.36. The standard InChI is InChI=1S/C14H20O2/c1-13(2)10-12(14(3,4)16-13)15-11-8-6-5-7-9-11/h5-9,12H,10H2,1-4H3. The lowest BCUT2D eigenvalue weighted by Crippen LogP contribution is -2.36. The Morgan fingerprint density at radius 3 is 2.25 bits per heavy atom. The van der Waals surface area contributed by atoms with Crippen LogP contribution in [0.3, 0.4) is 0 Å². The molecule has 0 spiro atoms. The zero-order valence-electron chi connectivity index (χ0n) is 10.5. The highest BCUT2D eigenvalue weighted by Crippen LogP contribution is 2.39. The summed E-state index contributed by atoms with van der Waals surface area (Å²) in [4.78, 5) is 0. The van der Waals surface area contributed by atoms with Crippen molar-refractivity contribution in [1.82, 2.24) is 0 Å². The van der Waals surface area contributed by atoms with Crippen LogP contribution >= 0.6 is 0 Å². The number of para-hydroxylation sites is 1. The van der Waals surface area contributed by atoms with Crippen molar-refractivity contribution < 1.29 is 9.47 Å². The predicted molar refractivity (Wildman–Crippen MR) is 64.7 cm³/mol. The highest BCUT2D eigenvalue weighted by Gasteiger charge is 2.47. The smallest absolute Gasteiger partial charge is 0.130 e. The van der Waals surface area contributed by atoms with Gasteiger partial charge in [-0.3, -0.25) is 0 Å². The first kappa shape index (κ1) is 11.5. The predicted octanol–water partition coefficient (Wildman–Crippen LogP) is 3.41. The van der Waals surface area contributed by atoms with E-state index in [2.05, 4.69) is 27.7 Å². The Balaban J connectivity index is 2.11. The largest absolute Gasteiger partial charge is 0.487 e. The van der Waals surface area contributed by atoms with Crippen LogP contribution in [-0.2, 0) is 4.74 Å². The fourth-order valence-electron chi connectivity index (χ4n) is 2.36. The van der Waals surface area contributed by atoms with Gasteiger partial charge in [0.1, 0.15) is 17.5 Å². The zero-order chi connectivity index (χ0) is 11.8. The molecule has 1 heterocycles. The van der Waals surface area contributed by atoms with Gasteiger partial charge in [-0.1, -0.05) is 18.2 Å². The van der Waals surface area contributed by atoms with Gasteiger partial charge in [-0.05, 0) is 39.8 Å². The summed E-state index contributed by atoms with van der Waals surface area (Å²) in [7, 11) is 0. The molecule has 1 aromatic rings. The first-order chi connectivity index (χ1) is 7.39. The van der Waals surface area contributed by atoms with E-state index in [0.717, 1.165) is 12.2 Å². The molecule has 0 saturated carbocycles. The van der Waals surface area contributed by atoms with Gasteiger partial charge in [0.05, 0.1) is 5.60 Å². The molecular formula is C14H20O2. The second kappa shape index (κ2) is 3.77. The monoisotopic (exact) mass is 220 g/mol. The van der Waals surface area contributed by atoms with E-state index in [-0.39, 0.29) is 17.3 Å². The highest BCUT2D eigenvalue weighted by molar-refractivity contribution is 5.22. The Labute approximate surface area is 97.6 Å². The maximum atomic E-state index is 6.00. The number of hydrogen-bond acceptors (Lipinski definition) is 2. The van der Waals surface area contributed by atoms with Gasteiger partial charge in [-0.25, -0.2) is 0 Å². The van der Waals surface area contributed by atoms with Gasteiger partial charge in [0, 0.05) is 6.42 Å². The molecule has 88 valence electrons. The zero-order valence-corrected chi connectivity index (χ0v) is 10.5. The molecule has 2 rings (SSSR count). The molecule has 1 aromatic carbocycles. The van der Waals surface area contributed by atoms with Crippen molar-refractivity contribution >= 4 is 0 Å². The summed E-state index contributed by atoms with van der Waals surface area (Å²) in [6.07, 6.45) is 1.04. The van der Waals surface area contributed by atoms with Crippen molar-refractivity contribution in [2.45, 2.75) is 51.4 Å².